The number of hydrogen-bond acceptors (Lipinski definition) is 3. The van der Waals surface area contributed by atoms with Crippen molar-refractivity contribution in [1.29, 1.82) is 0 Å². The molecule has 118 valence electrons. The van der Waals surface area contributed by atoms with Crippen LogP contribution in [0.5, 0.6) is 0 Å². The summed E-state index contributed by atoms with van der Waals surface area (Å²) in [4.78, 5) is 11.5. The minimum atomic E-state index is -5.00. The second-order valence-corrected chi connectivity index (χ2v) is 5.23. The molecule has 4 nitrogen and oxygen atoms in total. The maximum absolute atomic E-state index is 13.7. The summed E-state index contributed by atoms with van der Waals surface area (Å²) in [6, 6.07) is 3.15. The number of carbonyl (C=O) groups excluding carboxylic acids is 1. The molecule has 1 N–H and O–H groups in total. The van der Waals surface area contributed by atoms with Gasteiger partial charge in [-0.1, -0.05) is 6.07 Å². The minimum absolute atomic E-state index is 0.163. The highest BCUT2D eigenvalue weighted by Crippen LogP contribution is 2.26. The molecule has 0 saturated carbocycles. The van der Waals surface area contributed by atoms with Crippen LogP contribution in [0.25, 0.3) is 0 Å². The fourth-order valence-corrected chi connectivity index (χ4v) is 1.93. The number of ether oxygens (including phenoxy) is 1. The van der Waals surface area contributed by atoms with Crippen molar-refractivity contribution in [1.82, 2.24) is 0 Å². The largest absolute Gasteiger partial charge is 0.490 e. The molecule has 0 aliphatic carbocycles. The zero-order valence-corrected chi connectivity index (χ0v) is 12.0. The summed E-state index contributed by atoms with van der Waals surface area (Å²) in [5.74, 6) is -2.38. The van der Waals surface area contributed by atoms with Gasteiger partial charge >= 0.3 is 11.5 Å². The zero-order chi connectivity index (χ0) is 16.2. The van der Waals surface area contributed by atoms with Crippen molar-refractivity contribution >= 4 is 22.6 Å². The summed E-state index contributed by atoms with van der Waals surface area (Å²) in [5.41, 5.74) is -5.32. The number of esters is 1. The van der Waals surface area contributed by atoms with Gasteiger partial charge in [-0.05, 0) is 31.5 Å². The molecule has 0 heterocycles. The molecule has 0 aliphatic rings. The monoisotopic (exact) mass is 327 g/mol. The van der Waals surface area contributed by atoms with Gasteiger partial charge in [-0.15, -0.1) is 0 Å². The SMILES string of the molecule is CCOC(=O)C(C)c1ccc(NS(=O)C(F)(F)F)c(F)c1. The van der Waals surface area contributed by atoms with Gasteiger partial charge in [0.1, 0.15) is 5.82 Å². The van der Waals surface area contributed by atoms with Crippen LogP contribution in [-0.2, 0) is 20.5 Å². The molecule has 0 fully saturated rings. The molecule has 21 heavy (non-hydrogen) atoms. The summed E-state index contributed by atoms with van der Waals surface area (Å²) >= 11 is 0. The van der Waals surface area contributed by atoms with E-state index in [1.54, 1.807) is 6.92 Å². The number of hydrogen-bond donors (Lipinski definition) is 1. The third-order valence-electron chi connectivity index (χ3n) is 2.55. The predicted molar refractivity (Wildman–Crippen MR) is 69.3 cm³/mol. The first-order valence-corrected chi connectivity index (χ1v) is 7.03. The fraction of sp³-hybridized carbons (Fsp3) is 0.417. The van der Waals surface area contributed by atoms with Crippen LogP contribution in [0.1, 0.15) is 25.3 Å². The van der Waals surface area contributed by atoms with Crippen molar-refractivity contribution in [3.05, 3.63) is 29.6 Å². The van der Waals surface area contributed by atoms with Crippen LogP contribution in [0.4, 0.5) is 23.2 Å². The average molecular weight is 327 g/mol. The molecule has 0 aromatic heterocycles. The summed E-state index contributed by atoms with van der Waals surface area (Å²) in [6.07, 6.45) is 0. The topological polar surface area (TPSA) is 55.4 Å². The minimum Gasteiger partial charge on any atom is -0.466 e. The normalized spacial score (nSPS) is 14.4. The van der Waals surface area contributed by atoms with Gasteiger partial charge in [0.15, 0.2) is 0 Å². The van der Waals surface area contributed by atoms with E-state index in [2.05, 4.69) is 0 Å². The Kier molecular flexibility index (Phi) is 5.70. The molecule has 2 unspecified atom stereocenters. The van der Waals surface area contributed by atoms with Crippen molar-refractivity contribution in [3.8, 4) is 0 Å². The number of benzene rings is 1. The molecule has 9 heteroatoms. The highest BCUT2D eigenvalue weighted by molar-refractivity contribution is 7.87. The first-order valence-electron chi connectivity index (χ1n) is 5.88. The molecule has 0 radical (unpaired) electrons. The van der Waals surface area contributed by atoms with E-state index in [0.717, 1.165) is 12.1 Å². The first-order chi connectivity index (χ1) is 9.66. The van der Waals surface area contributed by atoms with Crippen LogP contribution in [0.3, 0.4) is 0 Å². The van der Waals surface area contributed by atoms with E-state index in [4.69, 9.17) is 4.74 Å². The van der Waals surface area contributed by atoms with Crippen LogP contribution < -0.4 is 4.72 Å². The van der Waals surface area contributed by atoms with Gasteiger partial charge in [-0.25, -0.2) is 8.60 Å². The number of halogens is 4. The first kappa shape index (κ1) is 17.4. The number of anilines is 1. The lowest BCUT2D eigenvalue weighted by atomic mass is 10.0. The lowest BCUT2D eigenvalue weighted by Crippen LogP contribution is -2.23. The molecule has 1 aromatic rings. The van der Waals surface area contributed by atoms with Crippen molar-refractivity contribution < 1.29 is 31.3 Å². The van der Waals surface area contributed by atoms with E-state index < -0.39 is 39.9 Å². The molecule has 0 bridgehead atoms. The maximum atomic E-state index is 13.7. The molecule has 2 atom stereocenters. The molecule has 1 rings (SSSR count). The Morgan fingerprint density at radius 2 is 2.05 bits per heavy atom. The lowest BCUT2D eigenvalue weighted by molar-refractivity contribution is -0.144. The number of carbonyl (C=O) groups is 1. The Hall–Kier alpha value is -1.64. The third kappa shape index (κ3) is 4.69. The molecule has 1 aromatic carbocycles. The van der Waals surface area contributed by atoms with Crippen molar-refractivity contribution in [2.45, 2.75) is 25.3 Å². The Bertz CT molecular complexity index is 548. The van der Waals surface area contributed by atoms with E-state index in [1.807, 2.05) is 0 Å². The quantitative estimate of drug-likeness (QED) is 0.668. The summed E-state index contributed by atoms with van der Waals surface area (Å²) in [5, 5.41) is 0. The molecule has 0 aliphatic heterocycles. The van der Waals surface area contributed by atoms with Crippen molar-refractivity contribution in [2.75, 3.05) is 11.3 Å². The molecular weight excluding hydrogens is 314 g/mol. The number of rotatable bonds is 5. The van der Waals surface area contributed by atoms with Crippen LogP contribution in [0, 0.1) is 5.82 Å². The smallest absolute Gasteiger partial charge is 0.466 e. The highest BCUT2D eigenvalue weighted by Gasteiger charge is 2.37. The number of alkyl halides is 3. The van der Waals surface area contributed by atoms with Gasteiger partial charge in [-0.3, -0.25) is 9.52 Å². The zero-order valence-electron chi connectivity index (χ0n) is 11.2. The standard InChI is InChI=1S/C12H13F4NO3S/c1-3-20-11(18)7(2)8-4-5-10(9(13)6-8)17-21(19)12(14,15)16/h4-7,17H,3H2,1-2H3. The Morgan fingerprint density at radius 3 is 2.52 bits per heavy atom. The van der Waals surface area contributed by atoms with Crippen molar-refractivity contribution in [2.24, 2.45) is 0 Å². The fourth-order valence-electron chi connectivity index (χ4n) is 1.44. The van der Waals surface area contributed by atoms with Crippen LogP contribution in [0.2, 0.25) is 0 Å². The average Bonchev–Trinajstić information content (AvgIpc) is 2.39. The number of nitrogens with one attached hydrogen (secondary N) is 1. The van der Waals surface area contributed by atoms with Gasteiger partial charge in [0.2, 0.25) is 11.0 Å². The second-order valence-electron chi connectivity index (χ2n) is 4.03. The van der Waals surface area contributed by atoms with Crippen LogP contribution >= 0.6 is 0 Å². The van der Waals surface area contributed by atoms with Crippen molar-refractivity contribution in [3.63, 3.8) is 0 Å². The van der Waals surface area contributed by atoms with Gasteiger partial charge in [0, 0.05) is 0 Å². The molecular formula is C12H13F4NO3S. The summed E-state index contributed by atoms with van der Waals surface area (Å²) in [6.45, 7) is 3.26. The van der Waals surface area contributed by atoms with E-state index in [0.29, 0.717) is 0 Å². The molecule has 0 amide bonds. The maximum Gasteiger partial charge on any atom is 0.490 e. The predicted octanol–water partition coefficient (Wildman–Crippen LogP) is 3.09. The second kappa shape index (κ2) is 6.88. The summed E-state index contributed by atoms with van der Waals surface area (Å²) < 4.78 is 67.2. The van der Waals surface area contributed by atoms with Crippen LogP contribution in [0.15, 0.2) is 18.2 Å². The summed E-state index contributed by atoms with van der Waals surface area (Å²) in [7, 11) is -3.41. The Morgan fingerprint density at radius 1 is 1.43 bits per heavy atom. The van der Waals surface area contributed by atoms with Gasteiger partial charge in [0.05, 0.1) is 18.2 Å². The Balaban J connectivity index is 2.91. The van der Waals surface area contributed by atoms with E-state index in [-0.39, 0.29) is 12.2 Å². The van der Waals surface area contributed by atoms with E-state index >= 15 is 0 Å². The molecule has 0 spiro atoms. The Labute approximate surface area is 121 Å². The van der Waals surface area contributed by atoms with Crippen LogP contribution in [-0.4, -0.2) is 22.3 Å². The van der Waals surface area contributed by atoms with E-state index in [1.165, 1.54) is 17.7 Å². The van der Waals surface area contributed by atoms with Gasteiger partial charge < -0.3 is 4.74 Å². The third-order valence-corrected chi connectivity index (χ3v) is 3.37. The highest BCUT2D eigenvalue weighted by atomic mass is 32.2. The molecule has 0 saturated heterocycles. The van der Waals surface area contributed by atoms with Gasteiger partial charge in [0.25, 0.3) is 0 Å². The van der Waals surface area contributed by atoms with E-state index in [9.17, 15) is 26.6 Å². The lowest BCUT2D eigenvalue weighted by Gasteiger charge is -2.13. The van der Waals surface area contributed by atoms with Gasteiger partial charge in [-0.2, -0.15) is 13.2 Å².